The molecule has 0 fully saturated rings. The lowest BCUT2D eigenvalue weighted by Gasteiger charge is -2.36. The quantitative estimate of drug-likeness (QED) is 0.119. The number of carbonyl (C=O) groups is 3. The number of aryl methyl sites for hydroxylation is 1. The van der Waals surface area contributed by atoms with Gasteiger partial charge >= 0.3 is 11.9 Å². The molecule has 2 rings (SSSR count). The highest BCUT2D eigenvalue weighted by Crippen LogP contribution is 2.34. The minimum Gasteiger partial charge on any atom is -0.461 e. The van der Waals surface area contributed by atoms with Crippen molar-refractivity contribution in [3.05, 3.63) is 33.3 Å². The van der Waals surface area contributed by atoms with Crippen LogP contribution >= 0.6 is 11.3 Å². The summed E-state index contributed by atoms with van der Waals surface area (Å²) in [6.07, 6.45) is 15.1. The molecule has 1 N–H and O–H groups in total. The summed E-state index contributed by atoms with van der Waals surface area (Å²) in [6.45, 7) is 15.4. The summed E-state index contributed by atoms with van der Waals surface area (Å²) < 4.78 is 19.9. The van der Waals surface area contributed by atoms with Crippen molar-refractivity contribution in [3.8, 4) is 0 Å². The van der Waals surface area contributed by atoms with Crippen LogP contribution in [0.2, 0.25) is 0 Å². The molecule has 0 spiro atoms. The van der Waals surface area contributed by atoms with Gasteiger partial charge in [0, 0.05) is 24.1 Å². The fraction of sp³-hybridized carbons (Fsp3) is 0.744. The number of ketones is 1. The van der Waals surface area contributed by atoms with Crippen molar-refractivity contribution < 1.29 is 29.0 Å². The van der Waals surface area contributed by atoms with E-state index >= 15 is 0 Å². The monoisotopic (exact) mass is 675 g/mol. The van der Waals surface area contributed by atoms with Gasteiger partial charge < -0.3 is 14.6 Å². The maximum Gasteiger partial charge on any atom is 0.310 e. The number of aliphatic hydroxyl groups is 1. The summed E-state index contributed by atoms with van der Waals surface area (Å²) in [4.78, 5) is 45.5. The minimum absolute atomic E-state index is 0.0324. The maximum absolute atomic E-state index is 14.1. The summed E-state index contributed by atoms with van der Waals surface area (Å²) in [7, 11) is 0. The van der Waals surface area contributed by atoms with E-state index < -0.39 is 41.6 Å². The number of aliphatic hydroxyl groups excluding tert-OH is 1. The molecule has 0 saturated carbocycles. The third kappa shape index (κ3) is 14.4. The fourth-order valence-corrected chi connectivity index (χ4v) is 6.93. The van der Waals surface area contributed by atoms with Crippen molar-refractivity contribution in [1.82, 2.24) is 4.98 Å². The Balaban J connectivity index is 2.29. The van der Waals surface area contributed by atoms with E-state index in [1.807, 2.05) is 32.2 Å². The highest BCUT2D eigenvalue weighted by Gasteiger charge is 2.45. The van der Waals surface area contributed by atoms with Crippen molar-refractivity contribution in [2.24, 2.45) is 17.3 Å². The zero-order valence-electron chi connectivity index (χ0n) is 31.5. The van der Waals surface area contributed by atoms with E-state index in [0.717, 1.165) is 54.8 Å². The second kappa shape index (κ2) is 20.9. The third-order valence-electron chi connectivity index (χ3n) is 9.72. The molecule has 8 heteroatoms. The summed E-state index contributed by atoms with van der Waals surface area (Å²) in [6, 6.07) is 0. The third-order valence-corrected chi connectivity index (χ3v) is 10.5. The van der Waals surface area contributed by atoms with Gasteiger partial charge in [0.25, 0.3) is 0 Å². The second-order valence-electron chi connectivity index (χ2n) is 14.4. The Labute approximate surface area is 290 Å². The van der Waals surface area contributed by atoms with Crippen LogP contribution in [0.3, 0.4) is 0 Å². The highest BCUT2D eigenvalue weighted by atomic mass is 32.1. The smallest absolute Gasteiger partial charge is 0.310 e. The normalized spacial score (nSPS) is 25.5. The molecule has 7 nitrogen and oxygen atoms in total. The molecule has 0 aliphatic carbocycles. The Kier molecular flexibility index (Phi) is 17.4. The first-order chi connectivity index (χ1) is 22.8. The molecule has 1 aliphatic heterocycles. The highest BCUT2D eigenvalue weighted by molar-refractivity contribution is 7.09. The van der Waals surface area contributed by atoms with E-state index in [-0.39, 0.29) is 24.5 Å². The number of Topliss-reactive ketones (excluding diaryl/α,β-unsaturated/α-hetero) is 1. The topological polar surface area (TPSA) is 103 Å². The molecule has 5 atom stereocenters. The molecule has 0 saturated heterocycles. The number of esters is 2. The van der Waals surface area contributed by atoms with Crippen LogP contribution in [0.15, 0.2) is 22.6 Å². The molecule has 0 radical (unpaired) electrons. The molecule has 1 aliphatic rings. The first-order valence-corrected chi connectivity index (χ1v) is 19.0. The minimum atomic E-state index is -1.21. The number of aromatic nitrogens is 1. The Hall–Kier alpha value is -2.32. The number of hydrogen-bond donors (Lipinski definition) is 1. The molecule has 1 aromatic heterocycles. The van der Waals surface area contributed by atoms with E-state index in [1.165, 1.54) is 37.7 Å². The number of hydrogen-bond acceptors (Lipinski definition) is 8. The second-order valence-corrected chi connectivity index (χ2v) is 15.5. The van der Waals surface area contributed by atoms with E-state index in [9.17, 15) is 14.4 Å². The predicted molar refractivity (Wildman–Crippen MR) is 192 cm³/mol. The van der Waals surface area contributed by atoms with Crippen molar-refractivity contribution >= 4 is 35.1 Å². The van der Waals surface area contributed by atoms with Gasteiger partial charge in [-0.2, -0.15) is 0 Å². The largest absolute Gasteiger partial charge is 0.461 e. The summed E-state index contributed by atoms with van der Waals surface area (Å²) >= 11 is 1.56. The fourth-order valence-electron chi connectivity index (χ4n) is 6.36. The van der Waals surface area contributed by atoms with E-state index in [0.29, 0.717) is 12.8 Å². The number of rotatable bonds is 14. The molecule has 2 heterocycles. The van der Waals surface area contributed by atoms with Gasteiger partial charge in [-0.25, -0.2) is 4.98 Å². The summed E-state index contributed by atoms with van der Waals surface area (Å²) in [5, 5.41) is 8.09. The Bertz CT molecular complexity index is 1210. The summed E-state index contributed by atoms with van der Waals surface area (Å²) in [5.74, 6) is -1.81. The van der Waals surface area contributed by atoms with Crippen LogP contribution in [-0.2, 0) is 23.9 Å². The Morgan fingerprint density at radius 1 is 1.13 bits per heavy atom. The number of carbonyl (C=O) groups excluding carboxylic acids is 3. The number of thiazole rings is 1. The van der Waals surface area contributed by atoms with Crippen LogP contribution in [0.1, 0.15) is 155 Å². The van der Waals surface area contributed by atoms with Crippen molar-refractivity contribution in [2.45, 2.75) is 170 Å². The van der Waals surface area contributed by atoms with Gasteiger partial charge in [-0.3, -0.25) is 14.4 Å². The van der Waals surface area contributed by atoms with Gasteiger partial charge in [0.2, 0.25) is 1.43 Å². The molecule has 0 bridgehead atoms. The predicted octanol–water partition coefficient (Wildman–Crippen LogP) is 9.74. The number of ether oxygens (including phenoxy) is 2. The standard InChI is InChI=1S/C39H63NO6S/c1-9-10-11-12-13-14-15-16-17-21-35(41)46-34-25-36(42)45-33(29(4)24-32-26-47-31(6)40-32)23-22-27(2)19-18-20-28(3)37(43)30(5)38(44)39(34,7)8/h22,24,26,28,30,33-34,37,43H,9-21,23,25H2,1-8H3/t28-,30-,33?,34+,37+/m1/s1/i43T. The number of cyclic esters (lactones) is 1. The van der Waals surface area contributed by atoms with Crippen molar-refractivity contribution in [1.29, 1.82) is 1.43 Å². The SMILES string of the molecule is [3H]O[C@H]1[C@H](C)CCCC(C)=CCC(C(C)=Cc2csc(C)n2)OC(=O)C[C@H](OC(=O)CCCCCCCCCCC)C(C)(C)C(=O)[C@@H]1C. The van der Waals surface area contributed by atoms with Crippen molar-refractivity contribution in [2.75, 3.05) is 0 Å². The van der Waals surface area contributed by atoms with Gasteiger partial charge in [0.1, 0.15) is 18.0 Å². The van der Waals surface area contributed by atoms with Crippen LogP contribution in [0.25, 0.3) is 6.08 Å². The van der Waals surface area contributed by atoms with E-state index in [1.54, 1.807) is 32.1 Å². The lowest BCUT2D eigenvalue weighted by Crippen LogP contribution is -2.47. The number of unbranched alkanes of at least 4 members (excludes halogenated alkanes) is 8. The average Bonchev–Trinajstić information content (AvgIpc) is 3.45. The number of allylic oxidation sites excluding steroid dienone is 1. The molecule has 1 unspecified atom stereocenters. The maximum atomic E-state index is 14.1. The van der Waals surface area contributed by atoms with Crippen LogP contribution in [0, 0.1) is 24.2 Å². The van der Waals surface area contributed by atoms with Gasteiger partial charge in [-0.1, -0.05) is 83.8 Å². The Morgan fingerprint density at radius 2 is 1.79 bits per heavy atom. The lowest BCUT2D eigenvalue weighted by atomic mass is 9.72. The van der Waals surface area contributed by atoms with Crippen molar-refractivity contribution in [3.63, 3.8) is 0 Å². The zero-order chi connectivity index (χ0) is 35.7. The molecular formula is C39H63NO6S. The van der Waals surface area contributed by atoms with Gasteiger partial charge in [-0.05, 0) is 77.9 Å². The molecule has 1 aromatic rings. The number of nitrogens with zero attached hydrogens (tertiary/aromatic N) is 1. The molecule has 0 amide bonds. The first-order valence-electron chi connectivity index (χ1n) is 18.5. The molecular weight excluding hydrogens is 610 g/mol. The zero-order valence-corrected chi connectivity index (χ0v) is 31.3. The molecule has 266 valence electrons. The summed E-state index contributed by atoms with van der Waals surface area (Å²) in [5.41, 5.74) is 1.66. The van der Waals surface area contributed by atoms with Gasteiger partial charge in [0.15, 0.2) is 0 Å². The van der Waals surface area contributed by atoms with Crippen LogP contribution < -0.4 is 0 Å². The first kappa shape index (κ1) is 39.1. The molecule has 0 aromatic carbocycles. The van der Waals surface area contributed by atoms with Crippen LogP contribution in [0.5, 0.6) is 0 Å². The van der Waals surface area contributed by atoms with Gasteiger partial charge in [0.05, 0.1) is 28.6 Å². The van der Waals surface area contributed by atoms with Crippen LogP contribution in [0.4, 0.5) is 0 Å². The van der Waals surface area contributed by atoms with Gasteiger partial charge in [-0.15, -0.1) is 11.3 Å². The average molecular weight is 676 g/mol. The lowest BCUT2D eigenvalue weighted by molar-refractivity contribution is -0.167. The molecule has 47 heavy (non-hydrogen) atoms. The Morgan fingerprint density at radius 3 is 2.40 bits per heavy atom. The van der Waals surface area contributed by atoms with E-state index in [4.69, 9.17) is 16.0 Å². The van der Waals surface area contributed by atoms with E-state index in [2.05, 4.69) is 24.9 Å². The van der Waals surface area contributed by atoms with Crippen LogP contribution in [-0.4, -0.2) is 47.6 Å².